The summed E-state index contributed by atoms with van der Waals surface area (Å²) in [6, 6.07) is 12.1. The Bertz CT molecular complexity index is 974. The second kappa shape index (κ2) is 7.32. The van der Waals surface area contributed by atoms with E-state index in [0.717, 1.165) is 32.0 Å². The van der Waals surface area contributed by atoms with Crippen LogP contribution in [0.5, 0.6) is 0 Å². The summed E-state index contributed by atoms with van der Waals surface area (Å²) in [5.41, 5.74) is 0.935. The average molecular weight is 365 g/mol. The van der Waals surface area contributed by atoms with Gasteiger partial charge in [-0.15, -0.1) is 0 Å². The van der Waals surface area contributed by atoms with Gasteiger partial charge < -0.3 is 25.1 Å². The van der Waals surface area contributed by atoms with Gasteiger partial charge in [0.05, 0.1) is 0 Å². The van der Waals surface area contributed by atoms with E-state index in [4.69, 9.17) is 0 Å². The van der Waals surface area contributed by atoms with Gasteiger partial charge in [0.15, 0.2) is 0 Å². The van der Waals surface area contributed by atoms with E-state index >= 15 is 0 Å². The predicted octanol–water partition coefficient (Wildman–Crippen LogP) is 1.07. The Hall–Kier alpha value is -3.62. The second-order valence-corrected chi connectivity index (χ2v) is 6.18. The van der Waals surface area contributed by atoms with E-state index in [0.29, 0.717) is 5.82 Å². The fourth-order valence-electron chi connectivity index (χ4n) is 3.06. The predicted molar refractivity (Wildman–Crippen MR) is 102 cm³/mol. The summed E-state index contributed by atoms with van der Waals surface area (Å²) >= 11 is 0. The fourth-order valence-corrected chi connectivity index (χ4v) is 3.06. The molecule has 9 nitrogen and oxygen atoms in total. The molecule has 2 aromatic heterocycles. The van der Waals surface area contributed by atoms with Crippen LogP contribution in [0.25, 0.3) is 0 Å². The number of carbonyl (C=O) groups excluding carboxylic acids is 1. The monoisotopic (exact) mass is 365 g/mol. The third-order valence-electron chi connectivity index (χ3n) is 4.46. The number of anilines is 3. The van der Waals surface area contributed by atoms with Crippen molar-refractivity contribution >= 4 is 23.2 Å². The standard InChI is InChI=1S/C18H19N7O2/c26-17(14-11-19-18(27)22-14)23-15-10-16(21-12-20-15)25-8-6-24(7-9-25)13-4-2-1-3-5-13/h1-5,10-12H,6-9H2,(H2,19,22,27)(H,20,21,23,26). The van der Waals surface area contributed by atoms with Crippen LogP contribution in [-0.2, 0) is 0 Å². The third kappa shape index (κ3) is 3.81. The average Bonchev–Trinajstić information content (AvgIpc) is 3.16. The minimum Gasteiger partial charge on any atom is -0.368 e. The van der Waals surface area contributed by atoms with Crippen molar-refractivity contribution in [2.45, 2.75) is 0 Å². The molecule has 1 aromatic carbocycles. The first-order valence-electron chi connectivity index (χ1n) is 8.65. The van der Waals surface area contributed by atoms with Gasteiger partial charge in [0.2, 0.25) is 0 Å². The zero-order valence-electron chi connectivity index (χ0n) is 14.6. The van der Waals surface area contributed by atoms with Crippen LogP contribution in [0.4, 0.5) is 17.3 Å². The Morgan fingerprint density at radius 2 is 1.78 bits per heavy atom. The minimum atomic E-state index is -0.438. The van der Waals surface area contributed by atoms with Gasteiger partial charge in [0.25, 0.3) is 5.91 Å². The lowest BCUT2D eigenvalue weighted by Gasteiger charge is -2.36. The van der Waals surface area contributed by atoms with Crippen LogP contribution in [0.2, 0.25) is 0 Å². The molecule has 138 valence electrons. The van der Waals surface area contributed by atoms with Crippen LogP contribution in [-0.4, -0.2) is 52.0 Å². The van der Waals surface area contributed by atoms with Gasteiger partial charge in [-0.3, -0.25) is 4.79 Å². The molecule has 3 heterocycles. The Kier molecular flexibility index (Phi) is 4.56. The smallest absolute Gasteiger partial charge is 0.323 e. The zero-order valence-corrected chi connectivity index (χ0v) is 14.6. The number of imidazole rings is 1. The third-order valence-corrected chi connectivity index (χ3v) is 4.46. The molecule has 1 amide bonds. The lowest BCUT2D eigenvalue weighted by Crippen LogP contribution is -2.46. The number of hydrogen-bond acceptors (Lipinski definition) is 6. The van der Waals surface area contributed by atoms with Crippen molar-refractivity contribution < 1.29 is 4.79 Å². The summed E-state index contributed by atoms with van der Waals surface area (Å²) in [4.78, 5) is 41.0. The quantitative estimate of drug-likeness (QED) is 0.638. The summed E-state index contributed by atoms with van der Waals surface area (Å²) in [7, 11) is 0. The molecule has 0 saturated carbocycles. The lowest BCUT2D eigenvalue weighted by atomic mass is 10.2. The van der Waals surface area contributed by atoms with Gasteiger partial charge >= 0.3 is 5.69 Å². The molecule has 1 aliphatic heterocycles. The zero-order chi connectivity index (χ0) is 18.6. The first kappa shape index (κ1) is 16.8. The summed E-state index contributed by atoms with van der Waals surface area (Å²) in [6.07, 6.45) is 2.75. The van der Waals surface area contributed by atoms with Gasteiger partial charge in [0, 0.05) is 44.1 Å². The number of hydrogen-bond donors (Lipinski definition) is 3. The SMILES string of the molecule is O=C(Nc1cc(N2CCN(c3ccccc3)CC2)ncn1)c1c[nH]c(=O)[nH]1. The van der Waals surface area contributed by atoms with Crippen molar-refractivity contribution in [1.29, 1.82) is 0 Å². The molecule has 0 bridgehead atoms. The molecule has 4 rings (SSSR count). The Morgan fingerprint density at radius 3 is 2.48 bits per heavy atom. The van der Waals surface area contributed by atoms with Crippen molar-refractivity contribution in [2.75, 3.05) is 41.3 Å². The maximum absolute atomic E-state index is 12.1. The number of aromatic amines is 2. The van der Waals surface area contributed by atoms with Crippen molar-refractivity contribution in [2.24, 2.45) is 0 Å². The van der Waals surface area contributed by atoms with Crippen LogP contribution in [0, 0.1) is 0 Å². The van der Waals surface area contributed by atoms with Crippen LogP contribution in [0.1, 0.15) is 10.5 Å². The second-order valence-electron chi connectivity index (χ2n) is 6.18. The van der Waals surface area contributed by atoms with Gasteiger partial charge in [-0.1, -0.05) is 18.2 Å². The van der Waals surface area contributed by atoms with E-state index in [2.05, 4.69) is 47.2 Å². The number of H-pyrrole nitrogens is 2. The number of piperazine rings is 1. The minimum absolute atomic E-state index is 0.150. The van der Waals surface area contributed by atoms with Crippen molar-refractivity contribution in [3.8, 4) is 0 Å². The Morgan fingerprint density at radius 1 is 1.04 bits per heavy atom. The first-order chi connectivity index (χ1) is 13.2. The number of nitrogens with zero attached hydrogens (tertiary/aromatic N) is 4. The van der Waals surface area contributed by atoms with Crippen LogP contribution >= 0.6 is 0 Å². The molecule has 0 atom stereocenters. The van der Waals surface area contributed by atoms with Gasteiger partial charge in [-0.05, 0) is 12.1 Å². The van der Waals surface area contributed by atoms with E-state index in [1.807, 2.05) is 18.2 Å². The van der Waals surface area contributed by atoms with E-state index in [9.17, 15) is 9.59 Å². The molecule has 1 fully saturated rings. The van der Waals surface area contributed by atoms with E-state index in [1.54, 1.807) is 6.07 Å². The Balaban J connectivity index is 1.41. The molecule has 1 saturated heterocycles. The number of carbonyl (C=O) groups is 1. The summed E-state index contributed by atoms with van der Waals surface area (Å²) in [5, 5.41) is 2.67. The summed E-state index contributed by atoms with van der Waals surface area (Å²) < 4.78 is 0. The van der Waals surface area contributed by atoms with Gasteiger partial charge in [-0.25, -0.2) is 14.8 Å². The number of amides is 1. The number of aromatic nitrogens is 4. The highest BCUT2D eigenvalue weighted by atomic mass is 16.2. The molecule has 0 spiro atoms. The van der Waals surface area contributed by atoms with Crippen LogP contribution < -0.4 is 20.8 Å². The highest BCUT2D eigenvalue weighted by Gasteiger charge is 2.19. The van der Waals surface area contributed by atoms with Crippen molar-refractivity contribution in [1.82, 2.24) is 19.9 Å². The van der Waals surface area contributed by atoms with Crippen LogP contribution in [0.15, 0.2) is 53.7 Å². The van der Waals surface area contributed by atoms with Crippen LogP contribution in [0.3, 0.4) is 0 Å². The molecule has 9 heteroatoms. The largest absolute Gasteiger partial charge is 0.368 e. The Labute approximate surface area is 155 Å². The summed E-state index contributed by atoms with van der Waals surface area (Å²) in [6.45, 7) is 3.43. The highest BCUT2D eigenvalue weighted by molar-refractivity contribution is 6.02. The molecule has 27 heavy (non-hydrogen) atoms. The molecule has 0 unspecified atom stereocenters. The number of benzene rings is 1. The number of para-hydroxylation sites is 1. The summed E-state index contributed by atoms with van der Waals surface area (Å²) in [5.74, 6) is 0.708. The molecular formula is C18H19N7O2. The molecule has 1 aliphatic rings. The maximum Gasteiger partial charge on any atom is 0.323 e. The maximum atomic E-state index is 12.1. The van der Waals surface area contributed by atoms with Crippen molar-refractivity contribution in [3.63, 3.8) is 0 Å². The van der Waals surface area contributed by atoms with E-state index in [1.165, 1.54) is 18.2 Å². The van der Waals surface area contributed by atoms with Gasteiger partial charge in [-0.2, -0.15) is 0 Å². The number of nitrogens with one attached hydrogen (secondary N) is 3. The topological polar surface area (TPSA) is 110 Å². The van der Waals surface area contributed by atoms with Crippen molar-refractivity contribution in [3.05, 3.63) is 65.1 Å². The first-order valence-corrected chi connectivity index (χ1v) is 8.65. The highest BCUT2D eigenvalue weighted by Crippen LogP contribution is 2.20. The van der Waals surface area contributed by atoms with E-state index in [-0.39, 0.29) is 5.69 Å². The molecule has 0 aliphatic carbocycles. The van der Waals surface area contributed by atoms with Gasteiger partial charge in [0.1, 0.15) is 23.7 Å². The normalized spacial score (nSPS) is 14.2. The molecule has 0 radical (unpaired) electrons. The number of rotatable bonds is 4. The molecule has 3 aromatic rings. The fraction of sp³-hybridized carbons (Fsp3) is 0.222. The molecular weight excluding hydrogens is 346 g/mol. The van der Waals surface area contributed by atoms with E-state index < -0.39 is 11.6 Å². The lowest BCUT2D eigenvalue weighted by molar-refractivity contribution is 0.102. The molecule has 3 N–H and O–H groups in total.